The summed E-state index contributed by atoms with van der Waals surface area (Å²) in [6.07, 6.45) is 0. The van der Waals surface area contributed by atoms with Crippen molar-refractivity contribution >= 4 is 23.1 Å². The van der Waals surface area contributed by atoms with E-state index in [1.54, 1.807) is 14.0 Å². The highest BCUT2D eigenvalue weighted by Gasteiger charge is 2.33. The van der Waals surface area contributed by atoms with E-state index in [2.05, 4.69) is 29.2 Å². The molecule has 1 N–H and O–H groups in total. The largest absolute Gasteiger partial charge is 0.373 e. The SMILES string of the molecule is Cc1nn(C)c(NCC(c2ccc(Cl)cc2)N2CCOC(C)(C)C2)c1[N+](=O)[O-]. The topological polar surface area (TPSA) is 85.5 Å². The fourth-order valence-corrected chi connectivity index (χ4v) is 3.84. The minimum atomic E-state index is -0.389. The van der Waals surface area contributed by atoms with E-state index in [1.807, 2.05) is 24.3 Å². The molecule has 1 unspecified atom stereocenters. The van der Waals surface area contributed by atoms with Crippen molar-refractivity contribution < 1.29 is 9.66 Å². The third kappa shape index (κ3) is 4.45. The molecule has 0 radical (unpaired) electrons. The lowest BCUT2D eigenvalue weighted by atomic mass is 10.0. The van der Waals surface area contributed by atoms with Crippen LogP contribution in [-0.4, -0.2) is 51.4 Å². The Bertz CT molecular complexity index is 850. The number of rotatable bonds is 6. The van der Waals surface area contributed by atoms with Gasteiger partial charge in [0.1, 0.15) is 5.69 Å². The van der Waals surface area contributed by atoms with Crippen molar-refractivity contribution in [2.24, 2.45) is 7.05 Å². The fourth-order valence-electron chi connectivity index (χ4n) is 3.72. The van der Waals surface area contributed by atoms with Gasteiger partial charge in [0.05, 0.1) is 23.2 Å². The van der Waals surface area contributed by atoms with Gasteiger partial charge in [-0.2, -0.15) is 5.10 Å². The fraction of sp³-hybridized carbons (Fsp3) is 0.526. The average molecular weight is 408 g/mol. The quantitative estimate of drug-likeness (QED) is 0.582. The highest BCUT2D eigenvalue weighted by atomic mass is 35.5. The number of aromatic nitrogens is 2. The first kappa shape index (κ1) is 20.6. The summed E-state index contributed by atoms with van der Waals surface area (Å²) in [5.74, 6) is 0.411. The molecule has 0 bridgehead atoms. The first-order valence-corrected chi connectivity index (χ1v) is 9.61. The Kier molecular flexibility index (Phi) is 5.92. The van der Waals surface area contributed by atoms with Crippen LogP contribution in [0.25, 0.3) is 0 Å². The lowest BCUT2D eigenvalue weighted by Crippen LogP contribution is -2.50. The van der Waals surface area contributed by atoms with Gasteiger partial charge < -0.3 is 10.1 Å². The number of halogens is 1. The van der Waals surface area contributed by atoms with Gasteiger partial charge in [-0.1, -0.05) is 23.7 Å². The van der Waals surface area contributed by atoms with Gasteiger partial charge in [-0.05, 0) is 38.5 Å². The molecule has 0 amide bonds. The third-order valence-electron chi connectivity index (χ3n) is 4.99. The lowest BCUT2D eigenvalue weighted by molar-refractivity contribution is -0.384. The van der Waals surface area contributed by atoms with Gasteiger partial charge in [0, 0.05) is 31.7 Å². The summed E-state index contributed by atoms with van der Waals surface area (Å²) in [7, 11) is 1.71. The van der Waals surface area contributed by atoms with Crippen LogP contribution in [0.5, 0.6) is 0 Å². The molecule has 152 valence electrons. The van der Waals surface area contributed by atoms with Crippen molar-refractivity contribution in [3.8, 4) is 0 Å². The maximum absolute atomic E-state index is 11.5. The van der Waals surface area contributed by atoms with Crippen LogP contribution in [0, 0.1) is 17.0 Å². The molecular weight excluding hydrogens is 382 g/mol. The molecule has 0 aliphatic carbocycles. The van der Waals surface area contributed by atoms with E-state index in [0.717, 1.165) is 18.7 Å². The monoisotopic (exact) mass is 407 g/mol. The first-order valence-electron chi connectivity index (χ1n) is 9.23. The first-order chi connectivity index (χ1) is 13.2. The molecule has 3 rings (SSSR count). The maximum Gasteiger partial charge on any atom is 0.333 e. The Morgan fingerprint density at radius 1 is 1.39 bits per heavy atom. The number of nitrogens with one attached hydrogen (secondary N) is 1. The molecule has 2 aromatic rings. The molecule has 1 fully saturated rings. The van der Waals surface area contributed by atoms with Gasteiger partial charge in [-0.15, -0.1) is 0 Å². The molecule has 8 nitrogen and oxygen atoms in total. The highest BCUT2D eigenvalue weighted by Crippen LogP contribution is 2.31. The van der Waals surface area contributed by atoms with Crippen LogP contribution in [0.3, 0.4) is 0 Å². The minimum Gasteiger partial charge on any atom is -0.373 e. The second-order valence-corrected chi connectivity index (χ2v) is 8.13. The molecule has 0 spiro atoms. The standard InChI is InChI=1S/C19H26ClN5O3/c1-13-17(25(26)27)18(23(4)22-13)21-11-16(14-5-7-15(20)8-6-14)24-9-10-28-19(2,3)12-24/h5-8,16,21H,9-12H2,1-4H3. The predicted molar refractivity (Wildman–Crippen MR) is 109 cm³/mol. The predicted octanol–water partition coefficient (Wildman–Crippen LogP) is 3.55. The van der Waals surface area contributed by atoms with Crippen molar-refractivity contribution in [1.29, 1.82) is 0 Å². The molecule has 1 atom stereocenters. The van der Waals surface area contributed by atoms with Gasteiger partial charge in [0.25, 0.3) is 0 Å². The summed E-state index contributed by atoms with van der Waals surface area (Å²) in [5.41, 5.74) is 1.25. The number of hydrogen-bond donors (Lipinski definition) is 1. The zero-order chi connectivity index (χ0) is 20.5. The second-order valence-electron chi connectivity index (χ2n) is 7.69. The maximum atomic E-state index is 11.5. The molecule has 1 saturated heterocycles. The Morgan fingerprint density at radius 2 is 2.07 bits per heavy atom. The Hall–Kier alpha value is -2.16. The van der Waals surface area contributed by atoms with Gasteiger partial charge in [0.2, 0.25) is 5.82 Å². The van der Waals surface area contributed by atoms with Crippen LogP contribution < -0.4 is 5.32 Å². The number of anilines is 1. The molecule has 1 aromatic carbocycles. The van der Waals surface area contributed by atoms with Crippen molar-refractivity contribution in [3.63, 3.8) is 0 Å². The Balaban J connectivity index is 1.88. The van der Waals surface area contributed by atoms with E-state index in [1.165, 1.54) is 4.68 Å². The van der Waals surface area contributed by atoms with Gasteiger partial charge in [0.15, 0.2) is 0 Å². The Morgan fingerprint density at radius 3 is 2.68 bits per heavy atom. The van der Waals surface area contributed by atoms with Crippen molar-refractivity contribution in [2.75, 3.05) is 31.6 Å². The van der Waals surface area contributed by atoms with Gasteiger partial charge >= 0.3 is 5.69 Å². The number of ether oxygens (including phenoxy) is 1. The number of benzene rings is 1. The summed E-state index contributed by atoms with van der Waals surface area (Å²) < 4.78 is 7.37. The van der Waals surface area contributed by atoms with Crippen LogP contribution in [0.1, 0.15) is 31.1 Å². The molecule has 0 saturated carbocycles. The molecule has 28 heavy (non-hydrogen) atoms. The molecule has 1 aliphatic rings. The summed E-state index contributed by atoms with van der Waals surface area (Å²) in [4.78, 5) is 13.4. The average Bonchev–Trinajstić information content (AvgIpc) is 2.89. The van der Waals surface area contributed by atoms with Crippen LogP contribution in [-0.2, 0) is 11.8 Å². The second kappa shape index (κ2) is 8.06. The molecule has 1 aromatic heterocycles. The molecule has 9 heteroatoms. The van der Waals surface area contributed by atoms with E-state index in [9.17, 15) is 10.1 Å². The third-order valence-corrected chi connectivity index (χ3v) is 5.24. The number of hydrogen-bond acceptors (Lipinski definition) is 6. The van der Waals surface area contributed by atoms with Gasteiger partial charge in [-0.3, -0.25) is 15.0 Å². The van der Waals surface area contributed by atoms with Crippen LogP contribution in [0.15, 0.2) is 24.3 Å². The minimum absolute atomic E-state index is 0.00949. The van der Waals surface area contributed by atoms with E-state index in [0.29, 0.717) is 29.7 Å². The van der Waals surface area contributed by atoms with E-state index < -0.39 is 0 Å². The molecule has 2 heterocycles. The lowest BCUT2D eigenvalue weighted by Gasteiger charge is -2.42. The molecular formula is C19H26ClN5O3. The number of morpholine rings is 1. The van der Waals surface area contributed by atoms with E-state index in [4.69, 9.17) is 16.3 Å². The van der Waals surface area contributed by atoms with Crippen molar-refractivity contribution in [3.05, 3.63) is 50.7 Å². The summed E-state index contributed by atoms with van der Waals surface area (Å²) in [6, 6.07) is 7.74. The number of nitro groups is 1. The zero-order valence-electron chi connectivity index (χ0n) is 16.6. The smallest absolute Gasteiger partial charge is 0.333 e. The van der Waals surface area contributed by atoms with Crippen molar-refractivity contribution in [2.45, 2.75) is 32.4 Å². The summed E-state index contributed by atoms with van der Waals surface area (Å²) >= 11 is 6.06. The number of aryl methyl sites for hydroxylation is 2. The van der Waals surface area contributed by atoms with Crippen LogP contribution in [0.2, 0.25) is 5.02 Å². The summed E-state index contributed by atoms with van der Waals surface area (Å²) in [5, 5.41) is 19.6. The van der Waals surface area contributed by atoms with E-state index in [-0.39, 0.29) is 22.3 Å². The highest BCUT2D eigenvalue weighted by molar-refractivity contribution is 6.30. The van der Waals surface area contributed by atoms with Crippen molar-refractivity contribution in [1.82, 2.24) is 14.7 Å². The molecule has 1 aliphatic heterocycles. The summed E-state index contributed by atoms with van der Waals surface area (Å²) in [6.45, 7) is 8.46. The number of nitrogens with zero attached hydrogens (tertiary/aromatic N) is 4. The normalized spacial score (nSPS) is 18.0. The van der Waals surface area contributed by atoms with E-state index >= 15 is 0 Å². The Labute approximate surface area is 169 Å². The van der Waals surface area contributed by atoms with Crippen LogP contribution in [0.4, 0.5) is 11.5 Å². The zero-order valence-corrected chi connectivity index (χ0v) is 17.4. The van der Waals surface area contributed by atoms with Gasteiger partial charge in [-0.25, -0.2) is 4.68 Å². The van der Waals surface area contributed by atoms with Crippen LogP contribution >= 0.6 is 11.6 Å².